The predicted molar refractivity (Wildman–Crippen MR) is 220 cm³/mol. The summed E-state index contributed by atoms with van der Waals surface area (Å²) in [6.45, 7) is 15.1. The van der Waals surface area contributed by atoms with Gasteiger partial charge in [0.15, 0.2) is 25.2 Å². The Labute approximate surface area is 369 Å². The lowest BCUT2D eigenvalue weighted by molar-refractivity contribution is -0.415. The SMILES string of the molecule is CC1(C)CC[C@]2(C(=O)O)CC[C@]3(C)C(=CCC4[C@@]5(C)CC[C@H](OC6O[C@H](CO)[C@@H](O)[C@H](O)[C@H]6O[C@@H]6O[C@@H](O[C@@H]7OC[C@H](O)[C@H](O)[C@H]7O)[C@H](O)[C@H](O)[C@H]6O)C(C)(C)C5CC[C@]43C)C2C1. The highest BCUT2D eigenvalue weighted by atomic mass is 16.8. The van der Waals surface area contributed by atoms with E-state index in [0.29, 0.717) is 25.2 Å². The van der Waals surface area contributed by atoms with Gasteiger partial charge in [-0.15, -0.1) is 0 Å². The Hall–Kier alpha value is -1.39. The first-order chi connectivity index (χ1) is 29.4. The van der Waals surface area contributed by atoms with E-state index in [-0.39, 0.29) is 33.5 Å². The van der Waals surface area contributed by atoms with E-state index in [4.69, 9.17) is 28.4 Å². The molecule has 0 aromatic carbocycles. The largest absolute Gasteiger partial charge is 0.481 e. The van der Waals surface area contributed by atoms with E-state index >= 15 is 0 Å². The molecule has 17 heteroatoms. The molecule has 22 atom stereocenters. The topological polar surface area (TPSA) is 275 Å². The van der Waals surface area contributed by atoms with Crippen LogP contribution >= 0.6 is 0 Å². The number of aliphatic hydroxyl groups is 9. The van der Waals surface area contributed by atoms with Gasteiger partial charge < -0.3 is 79.5 Å². The van der Waals surface area contributed by atoms with Crippen molar-refractivity contribution in [3.63, 3.8) is 0 Å². The summed E-state index contributed by atoms with van der Waals surface area (Å²) < 4.78 is 35.6. The second-order valence-electron chi connectivity index (χ2n) is 22.7. The van der Waals surface area contributed by atoms with Gasteiger partial charge in [-0.1, -0.05) is 60.1 Å². The Balaban J connectivity index is 1.02. The van der Waals surface area contributed by atoms with Crippen molar-refractivity contribution < 1.29 is 84.3 Å². The van der Waals surface area contributed by atoms with Gasteiger partial charge in [0.2, 0.25) is 0 Å². The highest BCUT2D eigenvalue weighted by molar-refractivity contribution is 5.76. The van der Waals surface area contributed by atoms with Crippen LogP contribution in [0.15, 0.2) is 11.6 Å². The van der Waals surface area contributed by atoms with Gasteiger partial charge in [-0.05, 0) is 109 Å². The Morgan fingerprint density at radius 1 is 0.683 bits per heavy atom. The van der Waals surface area contributed by atoms with Crippen molar-refractivity contribution in [2.24, 2.45) is 50.2 Å². The molecular weight excluding hydrogens is 824 g/mol. The summed E-state index contributed by atoms with van der Waals surface area (Å²) in [5.74, 6) is -0.141. The molecule has 0 bridgehead atoms. The van der Waals surface area contributed by atoms with Crippen molar-refractivity contribution in [3.05, 3.63) is 11.6 Å². The van der Waals surface area contributed by atoms with Gasteiger partial charge >= 0.3 is 5.97 Å². The summed E-state index contributed by atoms with van der Waals surface area (Å²) in [4.78, 5) is 13.1. The van der Waals surface area contributed by atoms with Gasteiger partial charge in [-0.3, -0.25) is 4.79 Å². The van der Waals surface area contributed by atoms with Crippen molar-refractivity contribution in [3.8, 4) is 0 Å². The van der Waals surface area contributed by atoms with E-state index in [0.717, 1.165) is 44.9 Å². The summed E-state index contributed by atoms with van der Waals surface area (Å²) in [5.41, 5.74) is -0.0869. The van der Waals surface area contributed by atoms with Crippen LogP contribution in [0.1, 0.15) is 113 Å². The molecule has 4 unspecified atom stereocenters. The summed E-state index contributed by atoms with van der Waals surface area (Å²) in [6.07, 6.45) is -13.4. The molecule has 5 aliphatic carbocycles. The smallest absolute Gasteiger partial charge is 0.310 e. The zero-order valence-corrected chi connectivity index (χ0v) is 37.8. The highest BCUT2D eigenvalue weighted by Crippen LogP contribution is 2.76. The molecule has 3 aliphatic heterocycles. The number of fused-ring (bicyclic) bond motifs is 7. The fraction of sp³-hybridized carbons (Fsp3) is 0.935. The van der Waals surface area contributed by atoms with Crippen LogP contribution in [0.2, 0.25) is 0 Å². The number of aliphatic carboxylic acids is 1. The molecule has 8 rings (SSSR count). The molecular formula is C46H74O17. The monoisotopic (exact) mass is 898 g/mol. The molecule has 8 aliphatic rings. The van der Waals surface area contributed by atoms with Crippen LogP contribution in [0.3, 0.4) is 0 Å². The van der Waals surface area contributed by atoms with Crippen LogP contribution in [-0.2, 0) is 33.2 Å². The quantitative estimate of drug-likeness (QED) is 0.122. The van der Waals surface area contributed by atoms with Crippen molar-refractivity contribution in [2.45, 2.75) is 205 Å². The summed E-state index contributed by atoms with van der Waals surface area (Å²) in [5, 5.41) is 107. The van der Waals surface area contributed by atoms with Crippen molar-refractivity contribution in [1.82, 2.24) is 0 Å². The molecule has 0 aromatic rings. The van der Waals surface area contributed by atoms with E-state index < -0.39 is 122 Å². The maximum Gasteiger partial charge on any atom is 0.310 e. The Morgan fingerprint density at radius 2 is 1.33 bits per heavy atom. The van der Waals surface area contributed by atoms with Crippen LogP contribution in [0.25, 0.3) is 0 Å². The second kappa shape index (κ2) is 16.7. The van der Waals surface area contributed by atoms with Crippen molar-refractivity contribution >= 4 is 5.97 Å². The molecule has 0 aromatic heterocycles. The molecule has 3 heterocycles. The number of carbonyl (C=O) groups is 1. The number of hydrogen-bond acceptors (Lipinski definition) is 16. The molecule has 17 nitrogen and oxygen atoms in total. The van der Waals surface area contributed by atoms with Gasteiger partial charge in [-0.25, -0.2) is 0 Å². The first kappa shape index (κ1) is 48.1. The summed E-state index contributed by atoms with van der Waals surface area (Å²) in [7, 11) is 0. The fourth-order valence-electron chi connectivity index (χ4n) is 14.5. The van der Waals surface area contributed by atoms with E-state index in [9.17, 15) is 55.9 Å². The molecule has 0 spiro atoms. The van der Waals surface area contributed by atoms with Crippen LogP contribution in [0.4, 0.5) is 0 Å². The lowest BCUT2D eigenvalue weighted by atomic mass is 9.33. The molecule has 10 N–H and O–H groups in total. The average Bonchev–Trinajstić information content (AvgIpc) is 3.22. The van der Waals surface area contributed by atoms with Gasteiger partial charge in [-0.2, -0.15) is 0 Å². The Bertz CT molecular complexity index is 1730. The Morgan fingerprint density at radius 3 is 2.00 bits per heavy atom. The van der Waals surface area contributed by atoms with Crippen LogP contribution in [0.5, 0.6) is 0 Å². The van der Waals surface area contributed by atoms with Gasteiger partial charge in [0.25, 0.3) is 0 Å². The third kappa shape index (κ3) is 7.50. The highest BCUT2D eigenvalue weighted by Gasteiger charge is 2.70. The minimum atomic E-state index is -1.94. The van der Waals surface area contributed by atoms with Gasteiger partial charge in [0.05, 0.1) is 24.7 Å². The first-order valence-corrected chi connectivity index (χ1v) is 23.2. The van der Waals surface area contributed by atoms with E-state index in [2.05, 4.69) is 54.5 Å². The average molecular weight is 899 g/mol. The van der Waals surface area contributed by atoms with E-state index in [1.54, 1.807) is 0 Å². The fourth-order valence-corrected chi connectivity index (χ4v) is 14.5. The number of rotatable bonds is 8. The number of allylic oxidation sites excluding steroid dienone is 2. The van der Waals surface area contributed by atoms with Crippen LogP contribution in [-0.4, -0.2) is 163 Å². The summed E-state index contributed by atoms with van der Waals surface area (Å²) >= 11 is 0. The molecule has 7 fully saturated rings. The standard InChI is InChI=1S/C46H74O17/c1-41(2)14-16-46(40(56)57)17-15-44(6)21(22(46)18-41)8-9-26-43(5)12-11-27(42(3,4)25(43)10-13-45(26,44)7)60-39-35(31(52)29(50)24(19-47)59-39)61-37-33(54)30(51)34(55)38(63-37)62-36-32(53)28(49)23(48)20-58-36/h8,22-39,47-55H,9-20H2,1-7H3,(H,56,57)/t22?,23-,24+,25?,26?,27-,28-,29+,30+,31-,32+,33+,34+,35+,36-,37+,38+,39?,43-,44+,45+,46-/m0/s1. The first-order valence-electron chi connectivity index (χ1n) is 23.2. The Kier molecular flexibility index (Phi) is 12.7. The predicted octanol–water partition coefficient (Wildman–Crippen LogP) is 1.30. The maximum absolute atomic E-state index is 13.1. The maximum atomic E-state index is 13.1. The lowest BCUT2D eigenvalue weighted by Crippen LogP contribution is -2.67. The van der Waals surface area contributed by atoms with Gasteiger partial charge in [0.1, 0.15) is 61.0 Å². The minimum absolute atomic E-state index is 0.0124. The molecule has 63 heavy (non-hydrogen) atoms. The lowest BCUT2D eigenvalue weighted by Gasteiger charge is -2.71. The number of hydrogen-bond donors (Lipinski definition) is 10. The van der Waals surface area contributed by atoms with Gasteiger partial charge in [0, 0.05) is 0 Å². The van der Waals surface area contributed by atoms with Crippen molar-refractivity contribution in [2.75, 3.05) is 13.2 Å². The minimum Gasteiger partial charge on any atom is -0.481 e. The zero-order chi connectivity index (χ0) is 46.0. The molecule has 0 radical (unpaired) electrons. The molecule has 3 saturated heterocycles. The third-order valence-corrected chi connectivity index (χ3v) is 18.7. The van der Waals surface area contributed by atoms with Crippen LogP contribution < -0.4 is 0 Å². The second-order valence-corrected chi connectivity index (χ2v) is 22.7. The summed E-state index contributed by atoms with van der Waals surface area (Å²) in [6, 6.07) is 0. The molecule has 0 amide bonds. The number of ether oxygens (including phenoxy) is 6. The third-order valence-electron chi connectivity index (χ3n) is 18.7. The van der Waals surface area contributed by atoms with Crippen LogP contribution in [0, 0.1) is 50.2 Å². The normalized spacial score (nSPS) is 54.1. The van der Waals surface area contributed by atoms with E-state index in [1.807, 2.05) is 0 Å². The molecule has 360 valence electrons. The number of carboxylic acids is 1. The number of carboxylic acid groups (broad SMARTS) is 1. The molecule has 4 saturated carbocycles. The zero-order valence-electron chi connectivity index (χ0n) is 37.8. The van der Waals surface area contributed by atoms with Crippen molar-refractivity contribution in [1.29, 1.82) is 0 Å². The van der Waals surface area contributed by atoms with E-state index in [1.165, 1.54) is 5.57 Å². The number of aliphatic hydroxyl groups excluding tert-OH is 9.